The van der Waals surface area contributed by atoms with Crippen molar-refractivity contribution in [2.45, 2.75) is 44.1 Å². The van der Waals surface area contributed by atoms with Crippen molar-refractivity contribution >= 4 is 0 Å². The van der Waals surface area contributed by atoms with Gasteiger partial charge in [-0.25, -0.2) is 0 Å². The van der Waals surface area contributed by atoms with Crippen molar-refractivity contribution in [1.29, 1.82) is 0 Å². The van der Waals surface area contributed by atoms with E-state index >= 15 is 0 Å². The van der Waals surface area contributed by atoms with E-state index in [4.69, 9.17) is 5.73 Å². The lowest BCUT2D eigenvalue weighted by molar-refractivity contribution is -0.174. The molecule has 17 heavy (non-hydrogen) atoms. The number of halogens is 6. The number of alkyl halides is 6. The van der Waals surface area contributed by atoms with E-state index in [9.17, 15) is 26.3 Å². The minimum atomic E-state index is -4.39. The highest BCUT2D eigenvalue weighted by molar-refractivity contribution is 4.63. The second-order valence-electron chi connectivity index (χ2n) is 3.72. The van der Waals surface area contributed by atoms with E-state index in [1.54, 1.807) is 0 Å². The molecule has 0 saturated heterocycles. The number of hydrogen-bond acceptors (Lipinski definition) is 2. The van der Waals surface area contributed by atoms with Crippen LogP contribution in [0.1, 0.15) is 25.7 Å². The fraction of sp³-hybridized carbons (Fsp3) is 1.00. The zero-order valence-electron chi connectivity index (χ0n) is 9.07. The molecule has 0 radical (unpaired) electrons. The molecule has 0 amide bonds. The van der Waals surface area contributed by atoms with Gasteiger partial charge in [0.1, 0.15) is 6.61 Å². The molecule has 0 aliphatic carbocycles. The summed E-state index contributed by atoms with van der Waals surface area (Å²) in [5, 5.41) is 0. The maximum atomic E-state index is 11.8. The summed E-state index contributed by atoms with van der Waals surface area (Å²) >= 11 is 0. The van der Waals surface area contributed by atoms with Crippen LogP contribution in [0.25, 0.3) is 0 Å². The first-order chi connectivity index (χ1) is 7.60. The van der Waals surface area contributed by atoms with Crippen LogP contribution in [0.5, 0.6) is 0 Å². The maximum Gasteiger partial charge on any atom is 0.411 e. The standard InChI is InChI=1S/C9H15F6NO/c10-8(11,12)4-1-2-7(16)3-5-17-6-9(13,14)15/h7H,1-6,16H2. The topological polar surface area (TPSA) is 35.2 Å². The third-order valence-corrected chi connectivity index (χ3v) is 1.93. The van der Waals surface area contributed by atoms with Gasteiger partial charge in [-0.05, 0) is 19.3 Å². The van der Waals surface area contributed by atoms with Gasteiger partial charge in [0, 0.05) is 19.1 Å². The van der Waals surface area contributed by atoms with Crippen molar-refractivity contribution in [2.75, 3.05) is 13.2 Å². The lowest BCUT2D eigenvalue weighted by atomic mass is 10.1. The molecule has 0 fully saturated rings. The first-order valence-corrected chi connectivity index (χ1v) is 5.07. The zero-order chi connectivity index (χ0) is 13.5. The summed E-state index contributed by atoms with van der Waals surface area (Å²) in [6.07, 6.45) is -9.41. The lowest BCUT2D eigenvalue weighted by Gasteiger charge is -2.13. The molecule has 0 aromatic heterocycles. The van der Waals surface area contributed by atoms with Crippen LogP contribution >= 0.6 is 0 Å². The van der Waals surface area contributed by atoms with Crippen LogP contribution < -0.4 is 5.73 Å². The highest BCUT2D eigenvalue weighted by Gasteiger charge is 2.28. The van der Waals surface area contributed by atoms with Gasteiger partial charge in [0.25, 0.3) is 0 Å². The number of ether oxygens (including phenoxy) is 1. The van der Waals surface area contributed by atoms with E-state index in [-0.39, 0.29) is 25.9 Å². The minimum absolute atomic E-state index is 0.119. The monoisotopic (exact) mass is 267 g/mol. The lowest BCUT2D eigenvalue weighted by Crippen LogP contribution is -2.24. The summed E-state index contributed by atoms with van der Waals surface area (Å²) in [5.41, 5.74) is 5.42. The highest BCUT2D eigenvalue weighted by atomic mass is 19.4. The van der Waals surface area contributed by atoms with E-state index < -0.39 is 31.4 Å². The Labute approximate surface area is 95.1 Å². The van der Waals surface area contributed by atoms with Gasteiger partial charge in [-0.15, -0.1) is 0 Å². The normalized spacial score (nSPS) is 15.0. The fourth-order valence-corrected chi connectivity index (χ4v) is 1.13. The molecule has 1 atom stereocenters. The molecule has 0 rings (SSSR count). The Kier molecular flexibility index (Phi) is 6.84. The molecule has 0 aliphatic heterocycles. The third kappa shape index (κ3) is 13.4. The van der Waals surface area contributed by atoms with Crippen LogP contribution in [0.3, 0.4) is 0 Å². The van der Waals surface area contributed by atoms with Crippen LogP contribution in [-0.2, 0) is 4.74 Å². The molecule has 0 heterocycles. The molecule has 0 bridgehead atoms. The molecule has 104 valence electrons. The van der Waals surface area contributed by atoms with Gasteiger partial charge in [0.05, 0.1) is 0 Å². The van der Waals surface area contributed by atoms with Gasteiger partial charge < -0.3 is 10.5 Å². The van der Waals surface area contributed by atoms with Crippen LogP contribution in [0.4, 0.5) is 26.3 Å². The molecule has 0 spiro atoms. The van der Waals surface area contributed by atoms with E-state index in [1.165, 1.54) is 0 Å². The van der Waals surface area contributed by atoms with Gasteiger partial charge in [-0.1, -0.05) is 0 Å². The van der Waals surface area contributed by atoms with Crippen molar-refractivity contribution < 1.29 is 31.1 Å². The molecule has 8 heteroatoms. The molecule has 2 nitrogen and oxygen atoms in total. The first kappa shape index (κ1) is 16.5. The average molecular weight is 267 g/mol. The second kappa shape index (κ2) is 7.05. The molecule has 1 unspecified atom stereocenters. The smallest absolute Gasteiger partial charge is 0.372 e. The van der Waals surface area contributed by atoms with Crippen molar-refractivity contribution in [3.05, 3.63) is 0 Å². The van der Waals surface area contributed by atoms with E-state index in [1.807, 2.05) is 0 Å². The third-order valence-electron chi connectivity index (χ3n) is 1.93. The van der Waals surface area contributed by atoms with Crippen LogP contribution in [0.15, 0.2) is 0 Å². The number of rotatable bonds is 7. The van der Waals surface area contributed by atoms with Crippen LogP contribution in [0.2, 0.25) is 0 Å². The summed E-state index contributed by atoms with van der Waals surface area (Å²) < 4.78 is 74.4. The molecule has 0 saturated carbocycles. The van der Waals surface area contributed by atoms with Gasteiger partial charge in [-0.2, -0.15) is 26.3 Å². The average Bonchev–Trinajstić information content (AvgIpc) is 2.09. The van der Waals surface area contributed by atoms with Crippen molar-refractivity contribution in [1.82, 2.24) is 0 Å². The Morgan fingerprint density at radius 1 is 0.941 bits per heavy atom. The molecular weight excluding hydrogens is 252 g/mol. The van der Waals surface area contributed by atoms with Crippen LogP contribution in [-0.4, -0.2) is 31.6 Å². The maximum absolute atomic E-state index is 11.8. The van der Waals surface area contributed by atoms with Gasteiger partial charge in [0.2, 0.25) is 0 Å². The number of hydrogen-bond donors (Lipinski definition) is 1. The quantitative estimate of drug-likeness (QED) is 0.568. The predicted octanol–water partition coefficient (Wildman–Crippen LogP) is 3.02. The molecule has 2 N–H and O–H groups in total. The Morgan fingerprint density at radius 2 is 1.53 bits per heavy atom. The summed E-state index contributed by atoms with van der Waals surface area (Å²) in [6, 6.07) is -0.564. The Hall–Kier alpha value is -0.500. The number of nitrogens with two attached hydrogens (primary N) is 1. The van der Waals surface area contributed by atoms with Gasteiger partial charge in [0.15, 0.2) is 0 Å². The SMILES string of the molecule is NC(CCCC(F)(F)F)CCOCC(F)(F)F. The van der Waals surface area contributed by atoms with Crippen molar-refractivity contribution in [3.63, 3.8) is 0 Å². The molecular formula is C9H15F6NO. The Balaban J connectivity index is 3.44. The summed E-state index contributed by atoms with van der Waals surface area (Å²) in [7, 11) is 0. The highest BCUT2D eigenvalue weighted by Crippen LogP contribution is 2.22. The molecule has 0 aromatic carbocycles. The Bertz CT molecular complexity index is 203. The molecule has 0 aliphatic rings. The van der Waals surface area contributed by atoms with Crippen molar-refractivity contribution in [2.24, 2.45) is 5.73 Å². The first-order valence-electron chi connectivity index (χ1n) is 5.07. The largest absolute Gasteiger partial charge is 0.411 e. The second-order valence-corrected chi connectivity index (χ2v) is 3.72. The van der Waals surface area contributed by atoms with Crippen molar-refractivity contribution in [3.8, 4) is 0 Å². The minimum Gasteiger partial charge on any atom is -0.372 e. The zero-order valence-corrected chi connectivity index (χ0v) is 9.07. The summed E-state index contributed by atoms with van der Waals surface area (Å²) in [6.45, 7) is -1.56. The van der Waals surface area contributed by atoms with Crippen LogP contribution in [0, 0.1) is 0 Å². The summed E-state index contributed by atoms with van der Waals surface area (Å²) in [5.74, 6) is 0. The van der Waals surface area contributed by atoms with Gasteiger partial charge >= 0.3 is 12.4 Å². The van der Waals surface area contributed by atoms with E-state index in [0.29, 0.717) is 0 Å². The Morgan fingerprint density at radius 3 is 2.00 bits per heavy atom. The summed E-state index contributed by atoms with van der Waals surface area (Å²) in [4.78, 5) is 0. The van der Waals surface area contributed by atoms with E-state index in [0.717, 1.165) is 0 Å². The van der Waals surface area contributed by atoms with Gasteiger partial charge in [-0.3, -0.25) is 0 Å². The fourth-order valence-electron chi connectivity index (χ4n) is 1.13. The predicted molar refractivity (Wildman–Crippen MR) is 49.4 cm³/mol. The van der Waals surface area contributed by atoms with E-state index in [2.05, 4.69) is 4.74 Å². The molecule has 0 aromatic rings.